The van der Waals surface area contributed by atoms with Crippen molar-refractivity contribution in [2.75, 3.05) is 0 Å². The second-order valence-electron chi connectivity index (χ2n) is 4.28. The van der Waals surface area contributed by atoms with Gasteiger partial charge in [0.05, 0.1) is 0 Å². The summed E-state index contributed by atoms with van der Waals surface area (Å²) in [5.74, 6) is 1.05. The van der Waals surface area contributed by atoms with E-state index in [1.165, 1.54) is 32.1 Å². The highest BCUT2D eigenvalue weighted by atomic mass is 14.4. The summed E-state index contributed by atoms with van der Waals surface area (Å²) in [4.78, 5) is 0. The summed E-state index contributed by atoms with van der Waals surface area (Å²) >= 11 is 0. The molecule has 0 N–H and O–H groups in total. The monoisotopic (exact) mass is 153 g/mol. The van der Waals surface area contributed by atoms with Gasteiger partial charge < -0.3 is 0 Å². The van der Waals surface area contributed by atoms with Gasteiger partial charge in [-0.05, 0) is 37.0 Å². The van der Waals surface area contributed by atoms with Crippen LogP contribution in [0.25, 0.3) is 0 Å². The molecule has 0 aliphatic heterocycles. The zero-order valence-electron chi connectivity index (χ0n) is 8.03. The highest BCUT2D eigenvalue weighted by Gasteiger charge is 2.39. The van der Waals surface area contributed by atoms with E-state index in [0.29, 0.717) is 5.41 Å². The molecule has 11 heavy (non-hydrogen) atoms. The van der Waals surface area contributed by atoms with Crippen LogP contribution < -0.4 is 0 Å². The molecule has 1 unspecified atom stereocenters. The van der Waals surface area contributed by atoms with Crippen LogP contribution >= 0.6 is 0 Å². The molecule has 1 aliphatic rings. The molecule has 1 rings (SSSR count). The summed E-state index contributed by atoms with van der Waals surface area (Å²) in [6, 6.07) is 0. The van der Waals surface area contributed by atoms with Crippen molar-refractivity contribution in [1.82, 2.24) is 0 Å². The van der Waals surface area contributed by atoms with Crippen molar-refractivity contribution in [3.05, 3.63) is 6.92 Å². The maximum absolute atomic E-state index is 3.96. The fourth-order valence-corrected chi connectivity index (χ4v) is 2.29. The Hall–Kier alpha value is 0. The zero-order valence-corrected chi connectivity index (χ0v) is 8.03. The summed E-state index contributed by atoms with van der Waals surface area (Å²) in [5.41, 5.74) is 0.649. The second-order valence-corrected chi connectivity index (χ2v) is 4.28. The zero-order chi connectivity index (χ0) is 8.32. The van der Waals surface area contributed by atoms with Gasteiger partial charge in [0.2, 0.25) is 0 Å². The first-order valence-corrected chi connectivity index (χ1v) is 5.02. The van der Waals surface area contributed by atoms with Gasteiger partial charge in [0.1, 0.15) is 0 Å². The highest BCUT2D eigenvalue weighted by Crippen LogP contribution is 2.50. The molecule has 0 bridgehead atoms. The van der Waals surface area contributed by atoms with E-state index in [4.69, 9.17) is 0 Å². The van der Waals surface area contributed by atoms with E-state index < -0.39 is 0 Å². The molecule has 65 valence electrons. The van der Waals surface area contributed by atoms with E-state index in [-0.39, 0.29) is 0 Å². The normalized spacial score (nSPS) is 18.8. The predicted octanol–water partition coefficient (Wildman–Crippen LogP) is 3.82. The highest BCUT2D eigenvalue weighted by molar-refractivity contribution is 4.90. The molecular formula is C11H21. The third kappa shape index (κ3) is 2.21. The predicted molar refractivity (Wildman–Crippen MR) is 50.3 cm³/mol. The molecule has 0 saturated heterocycles. The molecule has 0 nitrogen and oxygen atoms in total. The number of rotatable bonds is 5. The minimum absolute atomic E-state index is 0.649. The van der Waals surface area contributed by atoms with E-state index in [9.17, 15) is 0 Å². The van der Waals surface area contributed by atoms with E-state index in [2.05, 4.69) is 20.8 Å². The third-order valence-corrected chi connectivity index (χ3v) is 3.13. The maximum Gasteiger partial charge on any atom is -0.0298 e. The van der Waals surface area contributed by atoms with Crippen molar-refractivity contribution < 1.29 is 0 Å². The van der Waals surface area contributed by atoms with Gasteiger partial charge in [0.15, 0.2) is 0 Å². The molecule has 1 saturated carbocycles. The molecule has 0 aromatic rings. The first-order chi connectivity index (χ1) is 5.23. The summed E-state index contributed by atoms with van der Waals surface area (Å²) in [7, 11) is 0. The van der Waals surface area contributed by atoms with Gasteiger partial charge in [0, 0.05) is 0 Å². The van der Waals surface area contributed by atoms with Crippen LogP contribution in [0.2, 0.25) is 0 Å². The molecule has 1 fully saturated rings. The van der Waals surface area contributed by atoms with Crippen molar-refractivity contribution in [3.8, 4) is 0 Å². The Kier molecular flexibility index (Phi) is 2.98. The minimum atomic E-state index is 0.649. The van der Waals surface area contributed by atoms with E-state index >= 15 is 0 Å². The molecule has 1 aliphatic carbocycles. The lowest BCUT2D eigenvalue weighted by Crippen LogP contribution is -2.18. The van der Waals surface area contributed by atoms with Crippen molar-refractivity contribution in [1.29, 1.82) is 0 Å². The summed E-state index contributed by atoms with van der Waals surface area (Å²) in [5, 5.41) is 0. The maximum atomic E-state index is 3.96. The minimum Gasteiger partial charge on any atom is -0.0654 e. The van der Waals surface area contributed by atoms with Crippen molar-refractivity contribution in [2.24, 2.45) is 11.3 Å². The summed E-state index contributed by atoms with van der Waals surface area (Å²) < 4.78 is 0. The molecule has 0 heteroatoms. The van der Waals surface area contributed by atoms with Gasteiger partial charge in [-0.1, -0.05) is 33.6 Å². The molecule has 0 aromatic carbocycles. The van der Waals surface area contributed by atoms with Crippen molar-refractivity contribution in [3.63, 3.8) is 0 Å². The SMILES string of the molecule is [CH2]CCC(C)(CCC)C1CC1. The Morgan fingerprint density at radius 3 is 2.36 bits per heavy atom. The standard InChI is InChI=1S/C11H21/c1-4-8-11(3,9-5-2)10-6-7-10/h10H,1,4-9H2,2-3H3. The Morgan fingerprint density at radius 2 is 2.00 bits per heavy atom. The molecule has 0 amide bonds. The Bertz CT molecular complexity index is 105. The summed E-state index contributed by atoms with van der Waals surface area (Å²) in [6.07, 6.45) is 8.17. The fraction of sp³-hybridized carbons (Fsp3) is 0.909. The quantitative estimate of drug-likeness (QED) is 0.563. The van der Waals surface area contributed by atoms with E-state index in [1.54, 1.807) is 0 Å². The first-order valence-electron chi connectivity index (χ1n) is 5.02. The third-order valence-electron chi connectivity index (χ3n) is 3.13. The Labute approximate surface area is 71.4 Å². The van der Waals surface area contributed by atoms with Gasteiger partial charge in [-0.3, -0.25) is 0 Å². The van der Waals surface area contributed by atoms with Gasteiger partial charge >= 0.3 is 0 Å². The van der Waals surface area contributed by atoms with Crippen molar-refractivity contribution in [2.45, 2.75) is 52.4 Å². The largest absolute Gasteiger partial charge is 0.0654 e. The average molecular weight is 153 g/mol. The van der Waals surface area contributed by atoms with Gasteiger partial charge in [-0.25, -0.2) is 0 Å². The van der Waals surface area contributed by atoms with Crippen LogP contribution in [-0.2, 0) is 0 Å². The van der Waals surface area contributed by atoms with Crippen LogP contribution in [0, 0.1) is 18.3 Å². The molecule has 1 radical (unpaired) electrons. The van der Waals surface area contributed by atoms with Crippen LogP contribution in [-0.4, -0.2) is 0 Å². The van der Waals surface area contributed by atoms with Crippen LogP contribution in [0.15, 0.2) is 0 Å². The van der Waals surface area contributed by atoms with Crippen LogP contribution in [0.3, 0.4) is 0 Å². The molecule has 0 heterocycles. The molecule has 0 aromatic heterocycles. The lowest BCUT2D eigenvalue weighted by Gasteiger charge is -2.28. The van der Waals surface area contributed by atoms with Crippen LogP contribution in [0.4, 0.5) is 0 Å². The molecule has 0 spiro atoms. The summed E-state index contributed by atoms with van der Waals surface area (Å²) in [6.45, 7) is 8.72. The lowest BCUT2D eigenvalue weighted by molar-refractivity contribution is 0.226. The number of hydrogen-bond donors (Lipinski definition) is 0. The van der Waals surface area contributed by atoms with Crippen LogP contribution in [0.5, 0.6) is 0 Å². The molecule has 1 atom stereocenters. The molecular weight excluding hydrogens is 132 g/mol. The lowest BCUT2D eigenvalue weighted by atomic mass is 9.77. The number of hydrogen-bond acceptors (Lipinski definition) is 0. The van der Waals surface area contributed by atoms with Crippen LogP contribution in [0.1, 0.15) is 52.4 Å². The first kappa shape index (κ1) is 9.09. The average Bonchev–Trinajstić information content (AvgIpc) is 2.68. The second kappa shape index (κ2) is 3.60. The van der Waals surface area contributed by atoms with E-state index in [0.717, 1.165) is 12.3 Å². The van der Waals surface area contributed by atoms with Gasteiger partial charge in [-0.15, -0.1) is 0 Å². The smallest absolute Gasteiger partial charge is 0.0298 e. The Morgan fingerprint density at radius 1 is 1.36 bits per heavy atom. The Balaban J connectivity index is 2.39. The van der Waals surface area contributed by atoms with Gasteiger partial charge in [-0.2, -0.15) is 0 Å². The topological polar surface area (TPSA) is 0 Å². The van der Waals surface area contributed by atoms with Crippen molar-refractivity contribution >= 4 is 0 Å². The van der Waals surface area contributed by atoms with Gasteiger partial charge in [0.25, 0.3) is 0 Å². The van der Waals surface area contributed by atoms with E-state index in [1.807, 2.05) is 0 Å². The fourth-order valence-electron chi connectivity index (χ4n) is 2.29.